The van der Waals surface area contributed by atoms with Gasteiger partial charge in [-0.3, -0.25) is 9.59 Å². The third-order valence-corrected chi connectivity index (χ3v) is 6.36. The van der Waals surface area contributed by atoms with Gasteiger partial charge in [0, 0.05) is 19.5 Å². The van der Waals surface area contributed by atoms with Gasteiger partial charge in [-0.2, -0.15) is 0 Å². The van der Waals surface area contributed by atoms with Gasteiger partial charge in [0.2, 0.25) is 11.8 Å². The van der Waals surface area contributed by atoms with Crippen molar-refractivity contribution in [2.45, 2.75) is 62.9 Å². The number of fused-ring (bicyclic) bond motifs is 1. The van der Waals surface area contributed by atoms with Gasteiger partial charge in [-0.15, -0.1) is 0 Å². The van der Waals surface area contributed by atoms with Gasteiger partial charge in [0.25, 0.3) is 0 Å². The number of rotatable bonds is 4. The number of carbonyl (C=O) groups excluding carboxylic acids is 2. The number of carboxylic acid groups (broad SMARTS) is 1. The van der Waals surface area contributed by atoms with E-state index < -0.39 is 18.1 Å². The summed E-state index contributed by atoms with van der Waals surface area (Å²) in [6.07, 6.45) is 5.06. The molecule has 2 aliphatic heterocycles. The summed E-state index contributed by atoms with van der Waals surface area (Å²) in [5.41, 5.74) is 2.59. The highest BCUT2D eigenvalue weighted by Crippen LogP contribution is 2.36. The van der Waals surface area contributed by atoms with E-state index in [-0.39, 0.29) is 17.7 Å². The van der Waals surface area contributed by atoms with E-state index in [0.717, 1.165) is 19.3 Å². The zero-order valence-electron chi connectivity index (χ0n) is 15.5. The lowest BCUT2D eigenvalue weighted by Gasteiger charge is -2.30. The first kappa shape index (κ1) is 18.0. The van der Waals surface area contributed by atoms with Crippen molar-refractivity contribution in [3.63, 3.8) is 0 Å². The number of hydrogen-bond donors (Lipinski definition) is 1. The fourth-order valence-corrected chi connectivity index (χ4v) is 4.99. The first-order valence-electron chi connectivity index (χ1n) is 9.97. The maximum Gasteiger partial charge on any atom is 0.326 e. The number of amides is 2. The molecule has 2 saturated heterocycles. The zero-order chi connectivity index (χ0) is 19.0. The maximum atomic E-state index is 13.0. The molecule has 3 aliphatic rings. The Balaban J connectivity index is 1.44. The summed E-state index contributed by atoms with van der Waals surface area (Å²) < 4.78 is 0. The van der Waals surface area contributed by atoms with E-state index >= 15 is 0 Å². The van der Waals surface area contributed by atoms with Crippen molar-refractivity contribution in [1.29, 1.82) is 0 Å². The summed E-state index contributed by atoms with van der Waals surface area (Å²) in [4.78, 5) is 40.6. The molecule has 0 bridgehead atoms. The van der Waals surface area contributed by atoms with Crippen LogP contribution in [0.1, 0.15) is 55.6 Å². The van der Waals surface area contributed by atoms with Gasteiger partial charge < -0.3 is 14.9 Å². The minimum atomic E-state index is -0.945. The average molecular weight is 370 g/mol. The SMILES string of the molecule is O=C(O)[C@@H]1CCCN1C(=O)[C@H]1CCCN1C(=O)CC1CCc2ccccc21. The van der Waals surface area contributed by atoms with Crippen molar-refractivity contribution in [2.75, 3.05) is 13.1 Å². The molecule has 0 spiro atoms. The number of nitrogens with zero attached hydrogens (tertiary/aromatic N) is 2. The lowest BCUT2D eigenvalue weighted by Crippen LogP contribution is -2.51. The topological polar surface area (TPSA) is 77.9 Å². The number of carbonyl (C=O) groups is 3. The number of aryl methyl sites for hydroxylation is 1. The third-order valence-electron chi connectivity index (χ3n) is 6.36. The van der Waals surface area contributed by atoms with Gasteiger partial charge >= 0.3 is 5.97 Å². The molecule has 3 atom stereocenters. The molecule has 1 aliphatic carbocycles. The maximum absolute atomic E-state index is 13.0. The van der Waals surface area contributed by atoms with E-state index in [1.807, 2.05) is 12.1 Å². The zero-order valence-corrected chi connectivity index (χ0v) is 15.5. The van der Waals surface area contributed by atoms with Crippen molar-refractivity contribution in [1.82, 2.24) is 9.80 Å². The van der Waals surface area contributed by atoms with Crippen LogP contribution in [0.5, 0.6) is 0 Å². The molecule has 4 rings (SSSR count). The highest BCUT2D eigenvalue weighted by molar-refractivity contribution is 5.91. The van der Waals surface area contributed by atoms with Crippen LogP contribution in [-0.4, -0.2) is 57.9 Å². The van der Waals surface area contributed by atoms with Crippen molar-refractivity contribution in [3.05, 3.63) is 35.4 Å². The van der Waals surface area contributed by atoms with Crippen molar-refractivity contribution in [3.8, 4) is 0 Å². The second-order valence-corrected chi connectivity index (χ2v) is 7.91. The molecule has 6 heteroatoms. The number of carboxylic acids is 1. The van der Waals surface area contributed by atoms with E-state index in [1.165, 1.54) is 16.0 Å². The van der Waals surface area contributed by atoms with Crippen LogP contribution < -0.4 is 0 Å². The summed E-state index contributed by atoms with van der Waals surface area (Å²) in [7, 11) is 0. The molecule has 1 aromatic rings. The van der Waals surface area contributed by atoms with Crippen LogP contribution in [0, 0.1) is 0 Å². The Labute approximate surface area is 159 Å². The van der Waals surface area contributed by atoms with E-state index in [0.29, 0.717) is 38.8 Å². The second kappa shape index (κ2) is 7.33. The quantitative estimate of drug-likeness (QED) is 0.881. The summed E-state index contributed by atoms with van der Waals surface area (Å²) in [5.74, 6) is -0.876. The molecule has 2 heterocycles. The largest absolute Gasteiger partial charge is 0.480 e. The van der Waals surface area contributed by atoms with E-state index in [4.69, 9.17) is 0 Å². The molecule has 0 saturated carbocycles. The third kappa shape index (κ3) is 3.33. The van der Waals surface area contributed by atoms with Crippen molar-refractivity contribution in [2.24, 2.45) is 0 Å². The predicted molar refractivity (Wildman–Crippen MR) is 99.2 cm³/mol. The normalized spacial score (nSPS) is 27.0. The minimum Gasteiger partial charge on any atom is -0.480 e. The first-order valence-corrected chi connectivity index (χ1v) is 9.97. The molecule has 27 heavy (non-hydrogen) atoms. The Morgan fingerprint density at radius 3 is 2.44 bits per heavy atom. The van der Waals surface area contributed by atoms with Gasteiger partial charge in [-0.25, -0.2) is 4.79 Å². The van der Waals surface area contributed by atoms with Gasteiger partial charge in [0.15, 0.2) is 0 Å². The molecule has 0 radical (unpaired) electrons. The molecular formula is C21H26N2O4. The lowest BCUT2D eigenvalue weighted by atomic mass is 9.97. The highest BCUT2D eigenvalue weighted by Gasteiger charge is 2.42. The molecule has 1 N–H and O–H groups in total. The number of likely N-dealkylation sites (tertiary alicyclic amines) is 2. The fraction of sp³-hybridized carbons (Fsp3) is 0.571. The Bertz CT molecular complexity index is 762. The molecule has 6 nitrogen and oxygen atoms in total. The fourth-order valence-electron chi connectivity index (χ4n) is 4.99. The monoisotopic (exact) mass is 370 g/mol. The molecule has 2 amide bonds. The Morgan fingerprint density at radius 1 is 0.963 bits per heavy atom. The van der Waals surface area contributed by atoms with Crippen LogP contribution in [0.2, 0.25) is 0 Å². The summed E-state index contributed by atoms with van der Waals surface area (Å²) in [6, 6.07) is 7.05. The van der Waals surface area contributed by atoms with Crippen LogP contribution >= 0.6 is 0 Å². The van der Waals surface area contributed by atoms with Gasteiger partial charge in [-0.1, -0.05) is 24.3 Å². The number of aliphatic carboxylic acids is 1. The second-order valence-electron chi connectivity index (χ2n) is 7.91. The molecule has 2 fully saturated rings. The Morgan fingerprint density at radius 2 is 1.67 bits per heavy atom. The number of benzene rings is 1. The Kier molecular flexibility index (Phi) is 4.89. The van der Waals surface area contributed by atoms with Gasteiger partial charge in [-0.05, 0) is 55.6 Å². The molecule has 0 aromatic heterocycles. The van der Waals surface area contributed by atoms with Gasteiger partial charge in [0.1, 0.15) is 12.1 Å². The van der Waals surface area contributed by atoms with E-state index in [1.54, 1.807) is 4.90 Å². The number of hydrogen-bond acceptors (Lipinski definition) is 3. The predicted octanol–water partition coefficient (Wildman–Crippen LogP) is 2.17. The van der Waals surface area contributed by atoms with Crippen LogP contribution in [0.3, 0.4) is 0 Å². The smallest absolute Gasteiger partial charge is 0.326 e. The molecular weight excluding hydrogens is 344 g/mol. The van der Waals surface area contributed by atoms with E-state index in [2.05, 4.69) is 12.1 Å². The average Bonchev–Trinajstić information content (AvgIpc) is 3.40. The molecule has 1 aromatic carbocycles. The lowest BCUT2D eigenvalue weighted by molar-refractivity contribution is -0.151. The molecule has 1 unspecified atom stereocenters. The summed E-state index contributed by atoms with van der Waals surface area (Å²) >= 11 is 0. The van der Waals surface area contributed by atoms with Crippen LogP contribution in [0.4, 0.5) is 0 Å². The summed E-state index contributed by atoms with van der Waals surface area (Å²) in [6.45, 7) is 1.07. The van der Waals surface area contributed by atoms with Crippen molar-refractivity contribution >= 4 is 17.8 Å². The van der Waals surface area contributed by atoms with E-state index in [9.17, 15) is 19.5 Å². The van der Waals surface area contributed by atoms with Crippen LogP contribution in [0.15, 0.2) is 24.3 Å². The first-order chi connectivity index (χ1) is 13.1. The van der Waals surface area contributed by atoms with Gasteiger partial charge in [0.05, 0.1) is 0 Å². The summed E-state index contributed by atoms with van der Waals surface area (Å²) in [5, 5.41) is 9.36. The highest BCUT2D eigenvalue weighted by atomic mass is 16.4. The molecule has 144 valence electrons. The van der Waals surface area contributed by atoms with Crippen LogP contribution in [-0.2, 0) is 20.8 Å². The standard InChI is InChI=1S/C21H26N2O4/c24-19(13-15-10-9-14-5-1-2-6-16(14)15)22-11-3-7-17(22)20(25)23-12-4-8-18(23)21(26)27/h1-2,5-6,15,17-18H,3-4,7-13H2,(H,26,27)/t15?,17-,18+/m1/s1. The Hall–Kier alpha value is -2.37. The van der Waals surface area contributed by atoms with Crippen LogP contribution in [0.25, 0.3) is 0 Å². The van der Waals surface area contributed by atoms with Crippen molar-refractivity contribution < 1.29 is 19.5 Å². The minimum absolute atomic E-state index is 0.0265.